The number of aliphatic hydroxyl groups excluding tert-OH is 1. The van der Waals surface area contributed by atoms with Gasteiger partial charge in [-0.3, -0.25) is 0 Å². The van der Waals surface area contributed by atoms with Gasteiger partial charge in [-0.2, -0.15) is 0 Å². The number of ether oxygens (including phenoxy) is 2. The van der Waals surface area contributed by atoms with Gasteiger partial charge in [-0.05, 0) is 25.7 Å². The maximum atomic E-state index is 8.46. The van der Waals surface area contributed by atoms with Crippen molar-refractivity contribution in [3.8, 4) is 0 Å². The van der Waals surface area contributed by atoms with Crippen LogP contribution in [0, 0.1) is 0 Å². The average molecular weight is 203 g/mol. The smallest absolute Gasteiger partial charge is 0.0704 e. The first-order chi connectivity index (χ1) is 6.83. The second-order valence-corrected chi connectivity index (χ2v) is 3.74. The summed E-state index contributed by atoms with van der Waals surface area (Å²) >= 11 is 0. The molecule has 1 rings (SSSR count). The van der Waals surface area contributed by atoms with E-state index in [1.165, 1.54) is 0 Å². The largest absolute Gasteiger partial charge is 0.394 e. The van der Waals surface area contributed by atoms with Crippen molar-refractivity contribution in [2.75, 3.05) is 26.4 Å². The van der Waals surface area contributed by atoms with Gasteiger partial charge < -0.3 is 20.3 Å². The molecule has 14 heavy (non-hydrogen) atoms. The standard InChI is InChI=1S/C10H21NO3/c11-9-1-3-10(4-2-9)14-8-7-13-6-5-12/h9-10,12H,1-8,11H2. The van der Waals surface area contributed by atoms with Crippen molar-refractivity contribution in [1.82, 2.24) is 0 Å². The molecule has 4 nitrogen and oxygen atoms in total. The SMILES string of the molecule is NC1CCC(OCCOCCO)CC1. The van der Waals surface area contributed by atoms with E-state index in [1.807, 2.05) is 0 Å². The molecule has 0 aromatic heterocycles. The Morgan fingerprint density at radius 1 is 1.07 bits per heavy atom. The number of rotatable bonds is 6. The highest BCUT2D eigenvalue weighted by atomic mass is 16.5. The molecule has 0 bridgehead atoms. The molecule has 0 aromatic rings. The molecule has 1 fully saturated rings. The first-order valence-corrected chi connectivity index (χ1v) is 5.38. The van der Waals surface area contributed by atoms with Crippen molar-refractivity contribution in [2.24, 2.45) is 5.73 Å². The van der Waals surface area contributed by atoms with Crippen molar-refractivity contribution in [1.29, 1.82) is 0 Å². The van der Waals surface area contributed by atoms with Crippen LogP contribution < -0.4 is 5.73 Å². The molecule has 0 unspecified atom stereocenters. The summed E-state index contributed by atoms with van der Waals surface area (Å²) in [6, 6.07) is 0.375. The minimum absolute atomic E-state index is 0.0816. The fourth-order valence-electron chi connectivity index (χ4n) is 1.70. The van der Waals surface area contributed by atoms with Gasteiger partial charge in [0.1, 0.15) is 0 Å². The van der Waals surface area contributed by atoms with E-state index >= 15 is 0 Å². The zero-order chi connectivity index (χ0) is 10.2. The number of hydrogen-bond acceptors (Lipinski definition) is 4. The third kappa shape index (κ3) is 4.91. The summed E-state index contributed by atoms with van der Waals surface area (Å²) in [6.45, 7) is 1.68. The van der Waals surface area contributed by atoms with Gasteiger partial charge in [0.15, 0.2) is 0 Å². The molecule has 4 heteroatoms. The van der Waals surface area contributed by atoms with E-state index in [-0.39, 0.29) is 6.61 Å². The van der Waals surface area contributed by atoms with Crippen LogP contribution in [0.5, 0.6) is 0 Å². The van der Waals surface area contributed by atoms with Crippen molar-refractivity contribution < 1.29 is 14.6 Å². The van der Waals surface area contributed by atoms with Crippen LogP contribution in [0.2, 0.25) is 0 Å². The van der Waals surface area contributed by atoms with Gasteiger partial charge in [-0.15, -0.1) is 0 Å². The minimum atomic E-state index is 0.0816. The Balaban J connectivity index is 1.91. The van der Waals surface area contributed by atoms with E-state index in [1.54, 1.807) is 0 Å². The Kier molecular flexibility index (Phi) is 6.10. The van der Waals surface area contributed by atoms with E-state index in [0.717, 1.165) is 25.7 Å². The number of nitrogens with two attached hydrogens (primary N) is 1. The Morgan fingerprint density at radius 3 is 2.43 bits per heavy atom. The van der Waals surface area contributed by atoms with Crippen molar-refractivity contribution in [3.63, 3.8) is 0 Å². The molecule has 0 saturated heterocycles. The molecule has 0 atom stereocenters. The summed E-state index contributed by atoms with van der Waals surface area (Å²) in [5, 5.41) is 8.46. The molecule has 0 radical (unpaired) electrons. The second kappa shape index (κ2) is 7.17. The fourth-order valence-corrected chi connectivity index (χ4v) is 1.70. The van der Waals surface area contributed by atoms with Crippen LogP contribution >= 0.6 is 0 Å². The predicted molar refractivity (Wildman–Crippen MR) is 54.1 cm³/mol. The van der Waals surface area contributed by atoms with Crippen LogP contribution in [-0.4, -0.2) is 43.7 Å². The maximum absolute atomic E-state index is 8.46. The first kappa shape index (κ1) is 11.9. The van der Waals surface area contributed by atoms with Crippen LogP contribution in [0.3, 0.4) is 0 Å². The van der Waals surface area contributed by atoms with Crippen molar-refractivity contribution >= 4 is 0 Å². The van der Waals surface area contributed by atoms with Gasteiger partial charge >= 0.3 is 0 Å². The first-order valence-electron chi connectivity index (χ1n) is 5.38. The molecule has 0 aliphatic heterocycles. The van der Waals surface area contributed by atoms with Gasteiger partial charge in [0.25, 0.3) is 0 Å². The molecular formula is C10H21NO3. The third-order valence-electron chi connectivity index (χ3n) is 2.54. The Labute approximate surface area is 85.4 Å². The predicted octanol–water partition coefficient (Wildman–Crippen LogP) is 0.282. The lowest BCUT2D eigenvalue weighted by Crippen LogP contribution is -2.30. The lowest BCUT2D eigenvalue weighted by molar-refractivity contribution is -0.0171. The zero-order valence-electron chi connectivity index (χ0n) is 8.65. The Hall–Kier alpha value is -0.160. The second-order valence-electron chi connectivity index (χ2n) is 3.74. The zero-order valence-corrected chi connectivity index (χ0v) is 8.65. The van der Waals surface area contributed by atoms with Crippen LogP contribution in [0.15, 0.2) is 0 Å². The highest BCUT2D eigenvalue weighted by Crippen LogP contribution is 2.19. The minimum Gasteiger partial charge on any atom is -0.394 e. The molecule has 1 aliphatic carbocycles. The normalized spacial score (nSPS) is 27.9. The molecule has 1 aliphatic rings. The van der Waals surface area contributed by atoms with E-state index in [0.29, 0.717) is 32.0 Å². The van der Waals surface area contributed by atoms with Crippen LogP contribution in [0.4, 0.5) is 0 Å². The highest BCUT2D eigenvalue weighted by molar-refractivity contribution is 4.74. The molecular weight excluding hydrogens is 182 g/mol. The van der Waals surface area contributed by atoms with E-state index < -0.39 is 0 Å². The molecule has 0 heterocycles. The monoisotopic (exact) mass is 203 g/mol. The molecule has 84 valence electrons. The topological polar surface area (TPSA) is 64.7 Å². The number of aliphatic hydroxyl groups is 1. The van der Waals surface area contributed by atoms with Crippen molar-refractivity contribution in [3.05, 3.63) is 0 Å². The lowest BCUT2D eigenvalue weighted by atomic mass is 9.94. The van der Waals surface area contributed by atoms with Crippen molar-refractivity contribution in [2.45, 2.75) is 37.8 Å². The Bertz CT molecular complexity index is 135. The summed E-state index contributed by atoms with van der Waals surface area (Å²) in [7, 11) is 0. The van der Waals surface area contributed by atoms with Gasteiger partial charge in [0, 0.05) is 6.04 Å². The van der Waals surface area contributed by atoms with Gasteiger partial charge in [0.2, 0.25) is 0 Å². The average Bonchev–Trinajstić information content (AvgIpc) is 2.21. The lowest BCUT2D eigenvalue weighted by Gasteiger charge is -2.26. The third-order valence-corrected chi connectivity index (χ3v) is 2.54. The Morgan fingerprint density at radius 2 is 1.79 bits per heavy atom. The summed E-state index contributed by atoms with van der Waals surface area (Å²) in [6.07, 6.45) is 4.65. The number of hydrogen-bond donors (Lipinski definition) is 2. The van der Waals surface area contributed by atoms with Gasteiger partial charge in [-0.25, -0.2) is 0 Å². The van der Waals surface area contributed by atoms with Crippen LogP contribution in [0.1, 0.15) is 25.7 Å². The quantitative estimate of drug-likeness (QED) is 0.609. The molecule has 1 saturated carbocycles. The van der Waals surface area contributed by atoms with Crippen LogP contribution in [0.25, 0.3) is 0 Å². The summed E-state index contributed by atoms with van der Waals surface area (Å²) in [5.74, 6) is 0. The maximum Gasteiger partial charge on any atom is 0.0704 e. The fraction of sp³-hybridized carbons (Fsp3) is 1.00. The van der Waals surface area contributed by atoms with Crippen LogP contribution in [-0.2, 0) is 9.47 Å². The molecule has 3 N–H and O–H groups in total. The highest BCUT2D eigenvalue weighted by Gasteiger charge is 2.18. The summed E-state index contributed by atoms with van der Waals surface area (Å²) < 4.78 is 10.7. The van der Waals surface area contributed by atoms with Gasteiger partial charge in [0.05, 0.1) is 32.5 Å². The van der Waals surface area contributed by atoms with Gasteiger partial charge in [-0.1, -0.05) is 0 Å². The molecule has 0 aromatic carbocycles. The molecule has 0 amide bonds. The summed E-state index contributed by atoms with van der Waals surface area (Å²) in [5.41, 5.74) is 5.78. The summed E-state index contributed by atoms with van der Waals surface area (Å²) in [4.78, 5) is 0. The van der Waals surface area contributed by atoms with E-state index in [4.69, 9.17) is 20.3 Å². The van der Waals surface area contributed by atoms with E-state index in [9.17, 15) is 0 Å². The molecule has 0 spiro atoms. The van der Waals surface area contributed by atoms with E-state index in [2.05, 4.69) is 0 Å².